The maximum Gasteiger partial charge on any atom is 0.339 e. The van der Waals surface area contributed by atoms with Crippen molar-refractivity contribution in [2.45, 2.75) is 25.2 Å². The molecule has 3 atom stereocenters. The summed E-state index contributed by atoms with van der Waals surface area (Å²) >= 11 is -1.08. The third-order valence-electron chi connectivity index (χ3n) is 2.32. The van der Waals surface area contributed by atoms with Crippen LogP contribution in [0.3, 0.4) is 0 Å². The second-order valence-electron chi connectivity index (χ2n) is 3.39. The van der Waals surface area contributed by atoms with Crippen molar-refractivity contribution >= 4 is 27.2 Å². The molecule has 0 aromatic carbocycles. The van der Waals surface area contributed by atoms with Crippen LogP contribution in [0.5, 0.6) is 0 Å². The van der Waals surface area contributed by atoms with Gasteiger partial charge in [0.15, 0.2) is 8.46 Å². The maximum absolute atomic E-state index is 12.4. The average molecular weight is 286 g/mol. The van der Waals surface area contributed by atoms with E-state index in [2.05, 4.69) is 0 Å². The van der Waals surface area contributed by atoms with Gasteiger partial charge in [-0.05, 0) is 13.8 Å². The fourth-order valence-corrected chi connectivity index (χ4v) is 7.88. The van der Waals surface area contributed by atoms with E-state index in [9.17, 15) is 13.7 Å². The summed E-state index contributed by atoms with van der Waals surface area (Å²) in [6.07, 6.45) is 0. The van der Waals surface area contributed by atoms with Crippen molar-refractivity contribution < 1.29 is 22.7 Å². The van der Waals surface area contributed by atoms with E-state index in [4.69, 9.17) is 9.05 Å². The van der Waals surface area contributed by atoms with Gasteiger partial charge in [0.25, 0.3) is 0 Å². The first kappa shape index (κ1) is 14.6. The Kier molecular flexibility index (Phi) is 5.92. The van der Waals surface area contributed by atoms with E-state index < -0.39 is 24.4 Å². The molecule has 0 bridgehead atoms. The van der Waals surface area contributed by atoms with Crippen LogP contribution in [0.4, 0.5) is 0 Å². The van der Waals surface area contributed by atoms with Crippen molar-refractivity contribution in [2.75, 3.05) is 24.7 Å². The van der Waals surface area contributed by atoms with Crippen LogP contribution in [-0.4, -0.2) is 40.6 Å². The summed E-state index contributed by atoms with van der Waals surface area (Å²) < 4.78 is 45.1. The standard InChI is InChI=1S/C8H16O5P2S/c1-3-12-15(10,13-4-2)8-6-16(11)5-7(8)14-9/h7-8H,3-6H2,1-2H3. The Morgan fingerprint density at radius 3 is 2.38 bits per heavy atom. The topological polar surface area (TPSA) is 75.7 Å². The lowest BCUT2D eigenvalue weighted by atomic mass is 10.4. The lowest BCUT2D eigenvalue weighted by Crippen LogP contribution is -2.22. The van der Waals surface area contributed by atoms with E-state index in [1.807, 2.05) is 0 Å². The Balaban J connectivity index is 2.84. The zero-order valence-electron chi connectivity index (χ0n) is 9.33. The number of hydrogen-bond acceptors (Lipinski definition) is 5. The quantitative estimate of drug-likeness (QED) is 0.551. The molecule has 1 aliphatic rings. The SMILES string of the molecule is CCOP(=O)(OCC)C1C[S+]([O-])CC1P=O. The van der Waals surface area contributed by atoms with Gasteiger partial charge in [-0.25, -0.2) is 0 Å². The Morgan fingerprint density at radius 2 is 1.94 bits per heavy atom. The summed E-state index contributed by atoms with van der Waals surface area (Å²) in [5, 5.41) is 0. The van der Waals surface area contributed by atoms with Gasteiger partial charge in [-0.15, -0.1) is 0 Å². The van der Waals surface area contributed by atoms with Crippen LogP contribution in [0.15, 0.2) is 0 Å². The van der Waals surface area contributed by atoms with Gasteiger partial charge in [0.05, 0.1) is 13.2 Å². The van der Waals surface area contributed by atoms with Crippen molar-refractivity contribution in [3.8, 4) is 0 Å². The van der Waals surface area contributed by atoms with Gasteiger partial charge in [-0.2, -0.15) is 0 Å². The van der Waals surface area contributed by atoms with Crippen LogP contribution in [0.1, 0.15) is 13.8 Å². The molecule has 0 saturated carbocycles. The molecule has 1 rings (SSSR count). The molecule has 1 heterocycles. The predicted molar refractivity (Wildman–Crippen MR) is 63.9 cm³/mol. The fraction of sp³-hybridized carbons (Fsp3) is 1.00. The molecule has 0 amide bonds. The van der Waals surface area contributed by atoms with Crippen LogP contribution in [0.2, 0.25) is 0 Å². The molecule has 0 aromatic rings. The normalized spacial score (nSPS) is 31.1. The van der Waals surface area contributed by atoms with Crippen LogP contribution in [-0.2, 0) is 29.4 Å². The third kappa shape index (κ3) is 3.28. The van der Waals surface area contributed by atoms with Gasteiger partial charge >= 0.3 is 7.60 Å². The number of hydrogen-bond donors (Lipinski definition) is 0. The maximum atomic E-state index is 12.4. The largest absolute Gasteiger partial charge is 0.616 e. The fourth-order valence-electron chi connectivity index (χ4n) is 1.66. The zero-order chi connectivity index (χ0) is 12.2. The van der Waals surface area contributed by atoms with Crippen LogP contribution >= 0.6 is 16.1 Å². The second kappa shape index (κ2) is 6.48. The molecule has 0 aliphatic carbocycles. The monoisotopic (exact) mass is 286 g/mol. The van der Waals surface area contributed by atoms with E-state index in [1.54, 1.807) is 13.8 Å². The lowest BCUT2D eigenvalue weighted by Gasteiger charge is -2.22. The van der Waals surface area contributed by atoms with E-state index in [0.717, 1.165) is 0 Å². The molecule has 16 heavy (non-hydrogen) atoms. The Hall–Kier alpha value is 0.560. The van der Waals surface area contributed by atoms with Crippen LogP contribution in [0.25, 0.3) is 0 Å². The minimum Gasteiger partial charge on any atom is -0.616 e. The molecule has 1 saturated heterocycles. The van der Waals surface area contributed by atoms with Crippen molar-refractivity contribution in [2.24, 2.45) is 0 Å². The summed E-state index contributed by atoms with van der Waals surface area (Å²) in [4.78, 5) is 0. The highest BCUT2D eigenvalue weighted by molar-refractivity contribution is 7.92. The summed E-state index contributed by atoms with van der Waals surface area (Å²) in [6, 6.07) is 0. The van der Waals surface area contributed by atoms with Crippen LogP contribution in [0, 0.1) is 0 Å². The summed E-state index contributed by atoms with van der Waals surface area (Å²) in [6.45, 7) is 3.98. The van der Waals surface area contributed by atoms with Gasteiger partial charge in [0.2, 0.25) is 0 Å². The van der Waals surface area contributed by atoms with E-state index in [0.29, 0.717) is 5.75 Å². The highest BCUT2D eigenvalue weighted by Crippen LogP contribution is 2.58. The van der Waals surface area contributed by atoms with Crippen molar-refractivity contribution in [1.82, 2.24) is 0 Å². The molecule has 3 unspecified atom stereocenters. The number of rotatable bonds is 6. The summed E-state index contributed by atoms with van der Waals surface area (Å²) in [5.74, 6) is 0.553. The first-order valence-electron chi connectivity index (χ1n) is 5.13. The van der Waals surface area contributed by atoms with Crippen molar-refractivity contribution in [1.29, 1.82) is 0 Å². The van der Waals surface area contributed by atoms with Gasteiger partial charge in [-0.3, -0.25) is 9.13 Å². The molecule has 0 N–H and O–H groups in total. The van der Waals surface area contributed by atoms with Gasteiger partial charge in [0, 0.05) is 0 Å². The first-order chi connectivity index (χ1) is 7.57. The molecule has 8 heteroatoms. The molecule has 1 fully saturated rings. The molecule has 0 radical (unpaired) electrons. The smallest absolute Gasteiger partial charge is 0.339 e. The first-order valence-corrected chi connectivity index (χ1v) is 9.11. The summed E-state index contributed by atoms with van der Waals surface area (Å²) in [7, 11) is -3.41. The third-order valence-corrected chi connectivity index (χ3v) is 7.91. The Morgan fingerprint density at radius 1 is 1.38 bits per heavy atom. The molecule has 1 aliphatic heterocycles. The minimum atomic E-state index is -3.28. The van der Waals surface area contributed by atoms with Gasteiger partial charge in [0.1, 0.15) is 22.8 Å². The molecular weight excluding hydrogens is 270 g/mol. The van der Waals surface area contributed by atoms with Crippen molar-refractivity contribution in [3.05, 3.63) is 0 Å². The molecule has 5 nitrogen and oxygen atoms in total. The molecule has 0 aromatic heterocycles. The van der Waals surface area contributed by atoms with Gasteiger partial charge < -0.3 is 13.6 Å². The Bertz CT molecular complexity index is 278. The van der Waals surface area contributed by atoms with Crippen LogP contribution < -0.4 is 0 Å². The van der Waals surface area contributed by atoms with Gasteiger partial charge in [-0.1, -0.05) is 11.2 Å². The molecular formula is C8H16O5P2S. The Labute approximate surface area is 100 Å². The predicted octanol–water partition coefficient (Wildman–Crippen LogP) is 2.04. The summed E-state index contributed by atoms with van der Waals surface area (Å²) in [5.41, 5.74) is -0.892. The lowest BCUT2D eigenvalue weighted by molar-refractivity contribution is 0.214. The van der Waals surface area contributed by atoms with E-state index >= 15 is 0 Å². The molecule has 0 spiro atoms. The van der Waals surface area contributed by atoms with Crippen molar-refractivity contribution in [3.63, 3.8) is 0 Å². The average Bonchev–Trinajstić information content (AvgIpc) is 2.61. The minimum absolute atomic E-state index is 0.134. The second-order valence-corrected chi connectivity index (χ2v) is 8.07. The highest BCUT2D eigenvalue weighted by Gasteiger charge is 2.50. The zero-order valence-corrected chi connectivity index (χ0v) is 11.9. The molecule has 94 valence electrons. The van der Waals surface area contributed by atoms with E-state index in [1.165, 1.54) is 0 Å². The van der Waals surface area contributed by atoms with E-state index in [-0.39, 0.29) is 33.1 Å². The highest BCUT2D eigenvalue weighted by atomic mass is 32.2.